The maximum Gasteiger partial charge on any atom is 0.251 e. The SMILES string of the molecule is CN=C(NCCNC(=O)c1cccc(OC)c1)N1CCSC(C)(C)C1. The third-order valence-corrected chi connectivity index (χ3v) is 5.26. The van der Waals surface area contributed by atoms with Gasteiger partial charge in [0.1, 0.15) is 5.75 Å². The average molecular weight is 365 g/mol. The Kier molecular flexibility index (Phi) is 6.99. The van der Waals surface area contributed by atoms with E-state index in [0.29, 0.717) is 24.4 Å². The fraction of sp³-hybridized carbons (Fsp3) is 0.556. The van der Waals surface area contributed by atoms with Crippen LogP contribution < -0.4 is 15.4 Å². The van der Waals surface area contributed by atoms with Crippen molar-refractivity contribution in [2.24, 2.45) is 4.99 Å². The number of rotatable bonds is 5. The Labute approximate surface area is 154 Å². The van der Waals surface area contributed by atoms with Crippen LogP contribution in [0.15, 0.2) is 29.3 Å². The zero-order valence-electron chi connectivity index (χ0n) is 15.5. The first-order valence-corrected chi connectivity index (χ1v) is 9.45. The second-order valence-electron chi connectivity index (χ2n) is 6.49. The van der Waals surface area contributed by atoms with E-state index >= 15 is 0 Å². The molecule has 25 heavy (non-hydrogen) atoms. The van der Waals surface area contributed by atoms with Gasteiger partial charge in [-0.2, -0.15) is 11.8 Å². The lowest BCUT2D eigenvalue weighted by Crippen LogP contribution is -2.51. The van der Waals surface area contributed by atoms with E-state index in [1.807, 2.05) is 23.9 Å². The van der Waals surface area contributed by atoms with E-state index in [-0.39, 0.29) is 10.7 Å². The number of benzene rings is 1. The van der Waals surface area contributed by atoms with Crippen LogP contribution in [0, 0.1) is 0 Å². The molecule has 2 rings (SSSR count). The van der Waals surface area contributed by atoms with Gasteiger partial charge in [-0.25, -0.2) is 0 Å². The predicted molar refractivity (Wildman–Crippen MR) is 105 cm³/mol. The van der Waals surface area contributed by atoms with Crippen molar-refractivity contribution in [1.82, 2.24) is 15.5 Å². The van der Waals surface area contributed by atoms with Crippen molar-refractivity contribution in [3.63, 3.8) is 0 Å². The van der Waals surface area contributed by atoms with Crippen molar-refractivity contribution >= 4 is 23.6 Å². The van der Waals surface area contributed by atoms with Gasteiger partial charge in [0.05, 0.1) is 7.11 Å². The highest BCUT2D eigenvalue weighted by Gasteiger charge is 2.28. The van der Waals surface area contributed by atoms with E-state index in [9.17, 15) is 4.79 Å². The highest BCUT2D eigenvalue weighted by atomic mass is 32.2. The molecule has 2 N–H and O–H groups in total. The maximum atomic E-state index is 12.2. The second kappa shape index (κ2) is 8.99. The van der Waals surface area contributed by atoms with E-state index < -0.39 is 0 Å². The number of aliphatic imine (C=N–C) groups is 1. The molecule has 138 valence electrons. The predicted octanol–water partition coefficient (Wildman–Crippen LogP) is 1.83. The number of nitrogens with zero attached hydrogens (tertiary/aromatic N) is 2. The summed E-state index contributed by atoms with van der Waals surface area (Å²) in [7, 11) is 3.39. The minimum absolute atomic E-state index is 0.105. The smallest absolute Gasteiger partial charge is 0.251 e. The summed E-state index contributed by atoms with van der Waals surface area (Å²) >= 11 is 1.99. The van der Waals surface area contributed by atoms with Crippen LogP contribution in [0.4, 0.5) is 0 Å². The molecular formula is C18H28N4O2S. The molecule has 1 fully saturated rings. The van der Waals surface area contributed by atoms with Gasteiger partial charge in [-0.05, 0) is 32.0 Å². The molecule has 1 heterocycles. The van der Waals surface area contributed by atoms with Crippen LogP contribution in [0.5, 0.6) is 5.75 Å². The van der Waals surface area contributed by atoms with E-state index in [1.165, 1.54) is 0 Å². The summed E-state index contributed by atoms with van der Waals surface area (Å²) < 4.78 is 5.38. The number of thioether (sulfide) groups is 1. The number of ether oxygens (including phenoxy) is 1. The van der Waals surface area contributed by atoms with Crippen molar-refractivity contribution in [3.8, 4) is 5.75 Å². The third-order valence-electron chi connectivity index (χ3n) is 3.96. The molecule has 0 unspecified atom stereocenters. The average Bonchev–Trinajstić information content (AvgIpc) is 2.60. The minimum Gasteiger partial charge on any atom is -0.497 e. The molecule has 1 aliphatic rings. The molecule has 0 aromatic heterocycles. The van der Waals surface area contributed by atoms with E-state index in [0.717, 1.165) is 24.8 Å². The maximum absolute atomic E-state index is 12.2. The highest BCUT2D eigenvalue weighted by molar-refractivity contribution is 8.00. The Morgan fingerprint density at radius 1 is 1.36 bits per heavy atom. The molecular weight excluding hydrogens is 336 g/mol. The Hall–Kier alpha value is -1.89. The molecule has 0 aliphatic carbocycles. The Balaban J connectivity index is 1.78. The molecule has 1 aromatic rings. The molecule has 0 atom stereocenters. The van der Waals surface area contributed by atoms with E-state index in [2.05, 4.69) is 34.4 Å². The summed E-state index contributed by atoms with van der Waals surface area (Å²) in [6, 6.07) is 7.14. The van der Waals surface area contributed by atoms with Crippen LogP contribution in [-0.4, -0.2) is 67.6 Å². The highest BCUT2D eigenvalue weighted by Crippen LogP contribution is 2.29. The molecule has 6 nitrogen and oxygen atoms in total. The molecule has 7 heteroatoms. The van der Waals surface area contributed by atoms with Crippen LogP contribution in [0.1, 0.15) is 24.2 Å². The van der Waals surface area contributed by atoms with Gasteiger partial charge in [-0.15, -0.1) is 0 Å². The summed E-state index contributed by atoms with van der Waals surface area (Å²) in [5, 5.41) is 6.25. The van der Waals surface area contributed by atoms with Gasteiger partial charge in [0.15, 0.2) is 5.96 Å². The van der Waals surface area contributed by atoms with Crippen molar-refractivity contribution in [3.05, 3.63) is 29.8 Å². The van der Waals surface area contributed by atoms with Crippen LogP contribution in [0.3, 0.4) is 0 Å². The van der Waals surface area contributed by atoms with Gasteiger partial charge in [-0.1, -0.05) is 6.07 Å². The van der Waals surface area contributed by atoms with Crippen LogP contribution in [-0.2, 0) is 0 Å². The first-order valence-electron chi connectivity index (χ1n) is 8.47. The molecule has 0 saturated carbocycles. The molecule has 0 spiro atoms. The summed E-state index contributed by atoms with van der Waals surface area (Å²) in [6.07, 6.45) is 0. The van der Waals surface area contributed by atoms with Crippen molar-refractivity contribution in [2.45, 2.75) is 18.6 Å². The first-order chi connectivity index (χ1) is 11.9. The standard InChI is InChI=1S/C18H28N4O2S/c1-18(2)13-22(10-11-25-18)17(19-3)21-9-8-20-16(23)14-6-5-7-15(12-14)24-4/h5-7,12H,8-11,13H2,1-4H3,(H,19,21)(H,20,23). The lowest BCUT2D eigenvalue weighted by Gasteiger charge is -2.39. The fourth-order valence-electron chi connectivity index (χ4n) is 2.75. The second-order valence-corrected chi connectivity index (χ2v) is 8.29. The first kappa shape index (κ1) is 19.4. The Morgan fingerprint density at radius 3 is 2.80 bits per heavy atom. The Morgan fingerprint density at radius 2 is 2.12 bits per heavy atom. The number of methoxy groups -OCH3 is 1. The number of guanidine groups is 1. The summed E-state index contributed by atoms with van der Waals surface area (Å²) in [5.74, 6) is 2.56. The third kappa shape index (κ3) is 5.85. The molecule has 0 bridgehead atoms. The van der Waals surface area contributed by atoms with Gasteiger partial charge in [0, 0.05) is 49.3 Å². The number of hydrogen-bond donors (Lipinski definition) is 2. The number of carbonyl (C=O) groups excluding carboxylic acids is 1. The van der Waals surface area contributed by atoms with E-state index in [1.54, 1.807) is 26.3 Å². The summed E-state index contributed by atoms with van der Waals surface area (Å²) in [4.78, 5) is 18.8. The fourth-order valence-corrected chi connectivity index (χ4v) is 3.86. The summed E-state index contributed by atoms with van der Waals surface area (Å²) in [5.41, 5.74) is 0.596. The largest absolute Gasteiger partial charge is 0.497 e. The van der Waals surface area contributed by atoms with Gasteiger partial charge in [0.25, 0.3) is 5.91 Å². The van der Waals surface area contributed by atoms with Crippen molar-refractivity contribution < 1.29 is 9.53 Å². The molecule has 1 amide bonds. The van der Waals surface area contributed by atoms with E-state index in [4.69, 9.17) is 4.74 Å². The van der Waals surface area contributed by atoms with Crippen molar-refractivity contribution in [1.29, 1.82) is 0 Å². The molecule has 1 saturated heterocycles. The topological polar surface area (TPSA) is 66.0 Å². The zero-order valence-corrected chi connectivity index (χ0v) is 16.3. The van der Waals surface area contributed by atoms with Crippen LogP contribution in [0.25, 0.3) is 0 Å². The monoisotopic (exact) mass is 364 g/mol. The van der Waals surface area contributed by atoms with Gasteiger partial charge < -0.3 is 20.3 Å². The molecule has 1 aromatic carbocycles. The molecule has 1 aliphatic heterocycles. The van der Waals surface area contributed by atoms with Crippen molar-refractivity contribution in [2.75, 3.05) is 46.1 Å². The number of hydrogen-bond acceptors (Lipinski definition) is 4. The number of nitrogens with one attached hydrogen (secondary N) is 2. The van der Waals surface area contributed by atoms with Crippen LogP contribution in [0.2, 0.25) is 0 Å². The minimum atomic E-state index is -0.105. The Bertz CT molecular complexity index is 619. The quantitative estimate of drug-likeness (QED) is 0.474. The van der Waals surface area contributed by atoms with Crippen LogP contribution >= 0.6 is 11.8 Å². The van der Waals surface area contributed by atoms with Gasteiger partial charge in [-0.3, -0.25) is 9.79 Å². The molecule has 0 radical (unpaired) electrons. The zero-order chi connectivity index (χ0) is 18.3. The summed E-state index contributed by atoms with van der Waals surface area (Å²) in [6.45, 7) is 7.63. The normalized spacial score (nSPS) is 17.1. The van der Waals surface area contributed by atoms with Gasteiger partial charge >= 0.3 is 0 Å². The lowest BCUT2D eigenvalue weighted by atomic mass is 10.2. The van der Waals surface area contributed by atoms with Gasteiger partial charge in [0.2, 0.25) is 0 Å². The number of amides is 1. The number of carbonyl (C=O) groups is 1. The lowest BCUT2D eigenvalue weighted by molar-refractivity contribution is 0.0954.